The Hall–Kier alpha value is -1.98. The van der Waals surface area contributed by atoms with Gasteiger partial charge in [0.1, 0.15) is 0 Å². The third kappa shape index (κ3) is 3.77. The molecule has 3 atom stereocenters. The van der Waals surface area contributed by atoms with E-state index in [0.29, 0.717) is 24.5 Å². The fourth-order valence-corrected chi connectivity index (χ4v) is 2.86. The van der Waals surface area contributed by atoms with Crippen LogP contribution in [0, 0.1) is 24.7 Å². The van der Waals surface area contributed by atoms with Crippen molar-refractivity contribution in [3.05, 3.63) is 23.8 Å². The summed E-state index contributed by atoms with van der Waals surface area (Å²) in [5.41, 5.74) is 1.49. The van der Waals surface area contributed by atoms with E-state index in [1.54, 1.807) is 12.4 Å². The molecule has 114 valence electrons. The number of aliphatic carboxylic acids is 1. The highest BCUT2D eigenvalue weighted by Crippen LogP contribution is 2.38. The SMILES string of the molecule is CCC1C[C@H](C(=O)NCc2cnc(C)cn2)[C@H](C(=O)O)C1. The normalized spacial score (nSPS) is 24.8. The summed E-state index contributed by atoms with van der Waals surface area (Å²) in [6.07, 6.45) is 5.42. The van der Waals surface area contributed by atoms with Crippen molar-refractivity contribution in [2.75, 3.05) is 0 Å². The number of hydrogen-bond donors (Lipinski definition) is 2. The molecule has 0 bridgehead atoms. The topological polar surface area (TPSA) is 92.2 Å². The number of hydrogen-bond acceptors (Lipinski definition) is 4. The molecule has 21 heavy (non-hydrogen) atoms. The molecule has 0 aromatic carbocycles. The fraction of sp³-hybridized carbons (Fsp3) is 0.600. The third-order valence-corrected chi connectivity index (χ3v) is 4.17. The maximum Gasteiger partial charge on any atom is 0.307 e. The van der Waals surface area contributed by atoms with Gasteiger partial charge in [0.05, 0.1) is 36.0 Å². The first kappa shape index (κ1) is 15.4. The van der Waals surface area contributed by atoms with Crippen molar-refractivity contribution in [1.82, 2.24) is 15.3 Å². The lowest BCUT2D eigenvalue weighted by molar-refractivity contribution is -0.146. The molecule has 0 aliphatic heterocycles. The van der Waals surface area contributed by atoms with E-state index in [2.05, 4.69) is 15.3 Å². The molecule has 2 rings (SSSR count). The zero-order valence-corrected chi connectivity index (χ0v) is 12.4. The Morgan fingerprint density at radius 3 is 2.57 bits per heavy atom. The molecule has 1 aromatic heterocycles. The average Bonchev–Trinajstić information content (AvgIpc) is 2.91. The summed E-state index contributed by atoms with van der Waals surface area (Å²) < 4.78 is 0. The Labute approximate surface area is 124 Å². The first-order valence-corrected chi connectivity index (χ1v) is 7.29. The molecule has 1 heterocycles. The van der Waals surface area contributed by atoms with Crippen LogP contribution >= 0.6 is 0 Å². The number of carbonyl (C=O) groups excluding carboxylic acids is 1. The second-order valence-electron chi connectivity index (χ2n) is 5.66. The van der Waals surface area contributed by atoms with Crippen LogP contribution in [-0.2, 0) is 16.1 Å². The highest BCUT2D eigenvalue weighted by Gasteiger charge is 2.41. The number of nitrogens with zero attached hydrogens (tertiary/aromatic N) is 2. The largest absolute Gasteiger partial charge is 0.481 e. The Bertz CT molecular complexity index is 515. The van der Waals surface area contributed by atoms with Crippen molar-refractivity contribution in [2.24, 2.45) is 17.8 Å². The van der Waals surface area contributed by atoms with E-state index in [4.69, 9.17) is 0 Å². The summed E-state index contributed by atoms with van der Waals surface area (Å²) in [7, 11) is 0. The van der Waals surface area contributed by atoms with Gasteiger partial charge in [-0.15, -0.1) is 0 Å². The zero-order valence-electron chi connectivity index (χ0n) is 12.4. The fourth-order valence-electron chi connectivity index (χ4n) is 2.86. The molecule has 0 radical (unpaired) electrons. The molecule has 1 fully saturated rings. The smallest absolute Gasteiger partial charge is 0.307 e. The third-order valence-electron chi connectivity index (χ3n) is 4.17. The molecule has 0 saturated heterocycles. The van der Waals surface area contributed by atoms with Crippen molar-refractivity contribution in [3.8, 4) is 0 Å². The summed E-state index contributed by atoms with van der Waals surface area (Å²) >= 11 is 0. The number of carboxylic acids is 1. The lowest BCUT2D eigenvalue weighted by atomic mass is 9.95. The quantitative estimate of drug-likeness (QED) is 0.858. The molecular formula is C15H21N3O3. The molecule has 0 spiro atoms. The van der Waals surface area contributed by atoms with Gasteiger partial charge in [0.25, 0.3) is 0 Å². The first-order valence-electron chi connectivity index (χ1n) is 7.29. The van der Waals surface area contributed by atoms with E-state index in [9.17, 15) is 14.7 Å². The summed E-state index contributed by atoms with van der Waals surface area (Å²) in [4.78, 5) is 31.8. The molecule has 1 aliphatic carbocycles. The molecule has 2 N–H and O–H groups in total. The molecule has 1 saturated carbocycles. The van der Waals surface area contributed by atoms with E-state index in [0.717, 1.165) is 12.1 Å². The van der Waals surface area contributed by atoms with Crippen LogP contribution in [0.1, 0.15) is 37.6 Å². The van der Waals surface area contributed by atoms with Crippen LogP contribution in [0.5, 0.6) is 0 Å². The lowest BCUT2D eigenvalue weighted by Crippen LogP contribution is -2.35. The van der Waals surface area contributed by atoms with Crippen molar-refractivity contribution in [1.29, 1.82) is 0 Å². The Kier molecular flexibility index (Phi) is 4.88. The summed E-state index contributed by atoms with van der Waals surface area (Å²) in [5, 5.41) is 12.0. The number of rotatable bonds is 5. The van der Waals surface area contributed by atoms with Gasteiger partial charge in [-0.05, 0) is 25.7 Å². The maximum absolute atomic E-state index is 12.2. The predicted molar refractivity (Wildman–Crippen MR) is 76.2 cm³/mol. The van der Waals surface area contributed by atoms with Gasteiger partial charge in [-0.3, -0.25) is 19.6 Å². The highest BCUT2D eigenvalue weighted by atomic mass is 16.4. The zero-order chi connectivity index (χ0) is 15.4. The molecule has 1 unspecified atom stereocenters. The molecule has 1 amide bonds. The Morgan fingerprint density at radius 1 is 1.29 bits per heavy atom. The number of carboxylic acid groups (broad SMARTS) is 1. The standard InChI is InChI=1S/C15H21N3O3/c1-3-10-4-12(13(5-10)15(20)21)14(19)18-8-11-7-16-9(2)6-17-11/h6-7,10,12-13H,3-5,8H2,1-2H3,(H,18,19)(H,20,21)/t10?,12-,13+/m0/s1. The summed E-state index contributed by atoms with van der Waals surface area (Å²) in [6.45, 7) is 4.16. The van der Waals surface area contributed by atoms with Crippen molar-refractivity contribution < 1.29 is 14.7 Å². The van der Waals surface area contributed by atoms with Crippen LogP contribution < -0.4 is 5.32 Å². The predicted octanol–water partition coefficient (Wildman–Crippen LogP) is 1.54. The van der Waals surface area contributed by atoms with Crippen LogP contribution in [-0.4, -0.2) is 27.0 Å². The van der Waals surface area contributed by atoms with Crippen molar-refractivity contribution in [2.45, 2.75) is 39.7 Å². The van der Waals surface area contributed by atoms with Gasteiger partial charge in [-0.1, -0.05) is 13.3 Å². The molecular weight excluding hydrogens is 270 g/mol. The maximum atomic E-state index is 12.2. The van der Waals surface area contributed by atoms with Gasteiger partial charge >= 0.3 is 5.97 Å². The van der Waals surface area contributed by atoms with Gasteiger partial charge in [-0.2, -0.15) is 0 Å². The van der Waals surface area contributed by atoms with Crippen LogP contribution in [0.3, 0.4) is 0 Å². The second kappa shape index (κ2) is 6.65. The van der Waals surface area contributed by atoms with E-state index in [1.807, 2.05) is 13.8 Å². The molecule has 6 heteroatoms. The minimum atomic E-state index is -0.874. The highest BCUT2D eigenvalue weighted by molar-refractivity contribution is 5.85. The molecule has 1 aliphatic rings. The summed E-state index contributed by atoms with van der Waals surface area (Å²) in [6, 6.07) is 0. The molecule has 1 aromatic rings. The van der Waals surface area contributed by atoms with Gasteiger partial charge in [0.2, 0.25) is 5.91 Å². The first-order chi connectivity index (χ1) is 10.0. The number of aromatic nitrogens is 2. The van der Waals surface area contributed by atoms with Crippen LogP contribution in [0.2, 0.25) is 0 Å². The lowest BCUT2D eigenvalue weighted by Gasteiger charge is -2.15. The van der Waals surface area contributed by atoms with Gasteiger partial charge in [-0.25, -0.2) is 0 Å². The summed E-state index contributed by atoms with van der Waals surface area (Å²) in [5.74, 6) is -1.76. The Balaban J connectivity index is 1.95. The van der Waals surface area contributed by atoms with Gasteiger partial charge < -0.3 is 10.4 Å². The van der Waals surface area contributed by atoms with E-state index in [1.165, 1.54) is 0 Å². The van der Waals surface area contributed by atoms with Crippen molar-refractivity contribution >= 4 is 11.9 Å². The van der Waals surface area contributed by atoms with Crippen LogP contribution in [0.4, 0.5) is 0 Å². The molecule has 6 nitrogen and oxygen atoms in total. The van der Waals surface area contributed by atoms with E-state index >= 15 is 0 Å². The van der Waals surface area contributed by atoms with Crippen molar-refractivity contribution in [3.63, 3.8) is 0 Å². The number of aryl methyl sites for hydroxylation is 1. The van der Waals surface area contributed by atoms with E-state index < -0.39 is 17.8 Å². The second-order valence-corrected chi connectivity index (χ2v) is 5.66. The van der Waals surface area contributed by atoms with Gasteiger partial charge in [0.15, 0.2) is 0 Å². The number of carbonyl (C=O) groups is 2. The van der Waals surface area contributed by atoms with Gasteiger partial charge in [0, 0.05) is 6.20 Å². The number of nitrogens with one attached hydrogen (secondary N) is 1. The minimum Gasteiger partial charge on any atom is -0.481 e. The van der Waals surface area contributed by atoms with E-state index in [-0.39, 0.29) is 12.5 Å². The average molecular weight is 291 g/mol. The monoisotopic (exact) mass is 291 g/mol. The van der Waals surface area contributed by atoms with Crippen LogP contribution in [0.25, 0.3) is 0 Å². The Morgan fingerprint density at radius 2 is 2.00 bits per heavy atom. The number of amides is 1. The van der Waals surface area contributed by atoms with Crippen LogP contribution in [0.15, 0.2) is 12.4 Å². The minimum absolute atomic E-state index is 0.194.